The largest absolute Gasteiger partial charge is 0.480 e. The molecule has 1 atom stereocenters. The average molecular weight is 276 g/mol. The minimum Gasteiger partial charge on any atom is -0.480 e. The number of para-hydroxylation sites is 1. The van der Waals surface area contributed by atoms with Crippen molar-refractivity contribution in [3.05, 3.63) is 29.8 Å². The van der Waals surface area contributed by atoms with Crippen LogP contribution in [0.15, 0.2) is 24.3 Å². The quantitative estimate of drug-likeness (QED) is 0.920. The molecule has 1 heterocycles. The predicted octanol–water partition coefficient (Wildman–Crippen LogP) is 2.21. The van der Waals surface area contributed by atoms with Gasteiger partial charge in [-0.15, -0.1) is 0 Å². The molecule has 0 aliphatic carbocycles. The molecule has 1 aliphatic rings. The van der Waals surface area contributed by atoms with Crippen LogP contribution in [0.3, 0.4) is 0 Å². The van der Waals surface area contributed by atoms with Crippen molar-refractivity contribution >= 4 is 17.7 Å². The zero-order valence-corrected chi connectivity index (χ0v) is 12.0. The second-order valence-corrected chi connectivity index (χ2v) is 5.61. The van der Waals surface area contributed by atoms with Gasteiger partial charge in [0.1, 0.15) is 6.04 Å². The number of hydrogen-bond acceptors (Lipinski definition) is 2. The lowest BCUT2D eigenvalue weighted by atomic mass is 10.1. The van der Waals surface area contributed by atoms with Gasteiger partial charge in [-0.1, -0.05) is 32.0 Å². The number of hydrogen-bond donors (Lipinski definition) is 1. The lowest BCUT2D eigenvalue weighted by Gasteiger charge is -2.29. The first-order valence-corrected chi connectivity index (χ1v) is 6.77. The number of aliphatic carboxylic acids is 1. The summed E-state index contributed by atoms with van der Waals surface area (Å²) in [5.74, 6) is -0.627. The van der Waals surface area contributed by atoms with Gasteiger partial charge in [-0.05, 0) is 17.5 Å². The maximum absolute atomic E-state index is 12.5. The van der Waals surface area contributed by atoms with Crippen LogP contribution in [0.4, 0.5) is 10.5 Å². The fraction of sp³-hybridized carbons (Fsp3) is 0.467. The van der Waals surface area contributed by atoms with E-state index in [4.69, 9.17) is 0 Å². The van der Waals surface area contributed by atoms with Gasteiger partial charge in [0.05, 0.1) is 0 Å². The normalized spacial score (nSPS) is 17.2. The fourth-order valence-corrected chi connectivity index (χ4v) is 2.63. The number of carboxylic acid groups (broad SMARTS) is 1. The minimum atomic E-state index is -0.965. The summed E-state index contributed by atoms with van der Waals surface area (Å²) in [6.07, 6.45) is 0.368. The molecule has 0 spiro atoms. The average Bonchev–Trinajstić information content (AvgIpc) is 2.76. The summed E-state index contributed by atoms with van der Waals surface area (Å²) >= 11 is 0. The predicted molar refractivity (Wildman–Crippen MR) is 76.9 cm³/mol. The van der Waals surface area contributed by atoms with Crippen molar-refractivity contribution in [1.29, 1.82) is 0 Å². The highest BCUT2D eigenvalue weighted by Gasteiger charge is 2.39. The van der Waals surface area contributed by atoms with Crippen LogP contribution in [0.5, 0.6) is 0 Å². The van der Waals surface area contributed by atoms with E-state index in [1.54, 1.807) is 18.0 Å². The molecule has 0 radical (unpaired) electrons. The van der Waals surface area contributed by atoms with Crippen molar-refractivity contribution in [2.75, 3.05) is 18.5 Å². The van der Waals surface area contributed by atoms with Gasteiger partial charge in [-0.3, -0.25) is 4.90 Å². The summed E-state index contributed by atoms with van der Waals surface area (Å²) in [6.45, 7) is 4.65. The molecule has 1 N–H and O–H groups in total. The summed E-state index contributed by atoms with van der Waals surface area (Å²) in [5, 5.41) is 9.36. The summed E-state index contributed by atoms with van der Waals surface area (Å²) < 4.78 is 0. The van der Waals surface area contributed by atoms with Crippen LogP contribution in [0.2, 0.25) is 0 Å². The molecule has 0 saturated carbocycles. The molecule has 108 valence electrons. The van der Waals surface area contributed by atoms with E-state index in [9.17, 15) is 14.7 Å². The Bertz CT molecular complexity index is 528. The van der Waals surface area contributed by atoms with Gasteiger partial charge in [0.15, 0.2) is 0 Å². The number of benzene rings is 1. The fourth-order valence-electron chi connectivity index (χ4n) is 2.63. The second kappa shape index (κ2) is 5.53. The van der Waals surface area contributed by atoms with Crippen molar-refractivity contribution in [3.63, 3.8) is 0 Å². The van der Waals surface area contributed by atoms with Gasteiger partial charge in [-0.2, -0.15) is 0 Å². The van der Waals surface area contributed by atoms with Crippen LogP contribution in [0, 0.1) is 5.92 Å². The third-order valence-electron chi connectivity index (χ3n) is 3.43. The van der Waals surface area contributed by atoms with Crippen molar-refractivity contribution in [2.24, 2.45) is 5.92 Å². The Labute approximate surface area is 118 Å². The highest BCUT2D eigenvalue weighted by Crippen LogP contribution is 2.32. The first kappa shape index (κ1) is 14.4. The number of nitrogens with zero attached hydrogens (tertiary/aromatic N) is 2. The van der Waals surface area contributed by atoms with E-state index in [1.165, 1.54) is 4.90 Å². The second-order valence-electron chi connectivity index (χ2n) is 5.61. The Morgan fingerprint density at radius 3 is 2.65 bits per heavy atom. The van der Waals surface area contributed by atoms with Crippen LogP contribution in [0.25, 0.3) is 0 Å². The number of carboxylic acids is 1. The van der Waals surface area contributed by atoms with Crippen LogP contribution >= 0.6 is 0 Å². The monoisotopic (exact) mass is 276 g/mol. The number of carbonyl (C=O) groups is 2. The lowest BCUT2D eigenvalue weighted by molar-refractivity contribution is -0.138. The maximum atomic E-state index is 12.5. The van der Waals surface area contributed by atoms with Crippen LogP contribution in [-0.2, 0) is 11.2 Å². The van der Waals surface area contributed by atoms with Crippen LogP contribution < -0.4 is 4.90 Å². The highest BCUT2D eigenvalue weighted by molar-refractivity contribution is 6.00. The van der Waals surface area contributed by atoms with E-state index >= 15 is 0 Å². The Hall–Kier alpha value is -2.04. The van der Waals surface area contributed by atoms with E-state index in [2.05, 4.69) is 0 Å². The van der Waals surface area contributed by atoms with Crippen molar-refractivity contribution in [3.8, 4) is 0 Å². The third-order valence-corrected chi connectivity index (χ3v) is 3.43. The molecule has 5 heteroatoms. The standard InChI is InChI=1S/C15H20N2O3/c1-10(2)9-16(3)15(20)17-12-7-5-4-6-11(12)8-13(17)14(18)19/h4-7,10,13H,8-9H2,1-3H3,(H,18,19)/t13-/m0/s1. The molecule has 1 aromatic rings. The molecule has 2 rings (SSSR count). The first-order chi connectivity index (χ1) is 9.41. The number of fused-ring (bicyclic) bond motifs is 1. The van der Waals surface area contributed by atoms with Crippen LogP contribution in [-0.4, -0.2) is 41.6 Å². The summed E-state index contributed by atoms with van der Waals surface area (Å²) in [5.41, 5.74) is 1.62. The molecular formula is C15H20N2O3. The topological polar surface area (TPSA) is 60.9 Å². The summed E-state index contributed by atoms with van der Waals surface area (Å²) in [6, 6.07) is 6.31. The van der Waals surface area contributed by atoms with E-state index in [0.717, 1.165) is 5.56 Å². The van der Waals surface area contributed by atoms with Gasteiger partial charge >= 0.3 is 12.0 Å². The number of rotatable bonds is 3. The van der Waals surface area contributed by atoms with Gasteiger partial charge < -0.3 is 10.0 Å². The van der Waals surface area contributed by atoms with Gasteiger partial charge in [-0.25, -0.2) is 9.59 Å². The molecule has 1 aromatic carbocycles. The Morgan fingerprint density at radius 1 is 1.40 bits per heavy atom. The van der Waals surface area contributed by atoms with Gasteiger partial charge in [0.25, 0.3) is 0 Å². The molecule has 0 saturated heterocycles. The number of urea groups is 1. The lowest BCUT2D eigenvalue weighted by Crippen LogP contribution is -2.49. The van der Waals surface area contributed by atoms with E-state index in [-0.39, 0.29) is 6.03 Å². The Balaban J connectivity index is 2.31. The van der Waals surface area contributed by atoms with Gasteiger partial charge in [0, 0.05) is 25.7 Å². The van der Waals surface area contributed by atoms with Crippen LogP contribution in [0.1, 0.15) is 19.4 Å². The number of anilines is 1. The molecule has 2 amide bonds. The maximum Gasteiger partial charge on any atom is 0.327 e. The third kappa shape index (κ3) is 2.61. The molecule has 20 heavy (non-hydrogen) atoms. The summed E-state index contributed by atoms with van der Waals surface area (Å²) in [7, 11) is 1.71. The molecule has 0 unspecified atom stereocenters. The van der Waals surface area contributed by atoms with E-state index in [0.29, 0.717) is 24.6 Å². The molecule has 5 nitrogen and oxygen atoms in total. The van der Waals surface area contributed by atoms with Gasteiger partial charge in [0.2, 0.25) is 0 Å². The van der Waals surface area contributed by atoms with E-state index in [1.807, 2.05) is 32.0 Å². The zero-order valence-electron chi connectivity index (χ0n) is 12.0. The minimum absolute atomic E-state index is 0.254. The Morgan fingerprint density at radius 2 is 2.05 bits per heavy atom. The summed E-state index contributed by atoms with van der Waals surface area (Å²) in [4.78, 5) is 27.0. The molecule has 0 bridgehead atoms. The van der Waals surface area contributed by atoms with Crippen molar-refractivity contribution in [2.45, 2.75) is 26.3 Å². The molecule has 0 fully saturated rings. The van der Waals surface area contributed by atoms with E-state index < -0.39 is 12.0 Å². The highest BCUT2D eigenvalue weighted by atomic mass is 16.4. The zero-order chi connectivity index (χ0) is 14.9. The smallest absolute Gasteiger partial charge is 0.327 e. The number of amides is 2. The SMILES string of the molecule is CC(C)CN(C)C(=O)N1c2ccccc2C[C@H]1C(=O)O. The molecule has 1 aliphatic heterocycles. The molecule has 0 aromatic heterocycles. The Kier molecular flexibility index (Phi) is 3.97. The van der Waals surface area contributed by atoms with Crippen molar-refractivity contribution in [1.82, 2.24) is 4.90 Å². The molecular weight excluding hydrogens is 256 g/mol. The number of carbonyl (C=O) groups excluding carboxylic acids is 1. The first-order valence-electron chi connectivity index (χ1n) is 6.77. The van der Waals surface area contributed by atoms with Crippen molar-refractivity contribution < 1.29 is 14.7 Å².